The van der Waals surface area contributed by atoms with Crippen molar-refractivity contribution in [2.75, 3.05) is 6.61 Å². The first kappa shape index (κ1) is 33.9. The summed E-state index contributed by atoms with van der Waals surface area (Å²) < 4.78 is 40.6. The maximum atomic E-state index is 12.6. The van der Waals surface area contributed by atoms with E-state index in [1.54, 1.807) is 6.92 Å². The zero-order chi connectivity index (χ0) is 28.5. The summed E-state index contributed by atoms with van der Waals surface area (Å²) in [5.74, 6) is -1.32. The van der Waals surface area contributed by atoms with Gasteiger partial charge in [-0.3, -0.25) is 4.18 Å². The zero-order valence-electron chi connectivity index (χ0n) is 23.6. The number of fused-ring (bicyclic) bond motifs is 5. The van der Waals surface area contributed by atoms with E-state index in [2.05, 4.69) is 6.58 Å². The van der Waals surface area contributed by atoms with E-state index in [-0.39, 0.29) is 72.3 Å². The molecule has 4 aliphatic rings. The van der Waals surface area contributed by atoms with E-state index in [1.807, 2.05) is 13.8 Å². The van der Waals surface area contributed by atoms with E-state index < -0.39 is 62.8 Å². The topological polar surface area (TPSA) is 188 Å². The van der Waals surface area contributed by atoms with Crippen molar-refractivity contribution in [1.82, 2.24) is 0 Å². The number of aliphatic hydroxyl groups excluding tert-OH is 4. The molecule has 39 heavy (non-hydrogen) atoms. The second-order valence-electron chi connectivity index (χ2n) is 13.2. The summed E-state index contributed by atoms with van der Waals surface area (Å²) in [5, 5.41) is 66.2. The van der Waals surface area contributed by atoms with Crippen LogP contribution in [0.4, 0.5) is 0 Å². The van der Waals surface area contributed by atoms with Gasteiger partial charge in [-0.05, 0) is 86.0 Å². The largest absolute Gasteiger partial charge is 1.00 e. The van der Waals surface area contributed by atoms with Crippen molar-refractivity contribution < 1.29 is 77.4 Å². The number of hydrogen-bond donors (Lipinski definition) is 6. The first-order chi connectivity index (χ1) is 17.4. The Morgan fingerprint density at radius 2 is 1.77 bits per heavy atom. The minimum atomic E-state index is -5.23. The molecule has 12 atom stereocenters. The predicted octanol–water partition coefficient (Wildman–Crippen LogP) is -2.01. The molecular weight excluding hydrogens is 539 g/mol. The normalized spacial score (nSPS) is 47.2. The van der Waals surface area contributed by atoms with Crippen molar-refractivity contribution in [1.29, 1.82) is 0 Å². The van der Waals surface area contributed by atoms with Crippen LogP contribution in [0.25, 0.3) is 0 Å². The molecule has 12 heteroatoms. The van der Waals surface area contributed by atoms with E-state index in [0.29, 0.717) is 44.9 Å². The standard InChI is InChI=1S/C27H46O10S.Na/c1-15(5-6-20(30)16(2)14-28)18-12-23(37-38(34,35)36)27(33)25(18,4)10-8-22-24(3)9-7-17(29)11-19(24)21(31)13-26(22,27)32;/h15,17-23,28-33H,2,5-14H2,1,3-4H3,(H,34,35,36);/q;+1/p-1/t15-,17+,18-,19-,20?,21+,22-,23+,24+,25-,26+,27+;/m1./s1. The predicted molar refractivity (Wildman–Crippen MR) is 136 cm³/mol. The van der Waals surface area contributed by atoms with E-state index >= 15 is 0 Å². The molecular formula is C27H45NaO10S. The van der Waals surface area contributed by atoms with Crippen LogP contribution in [0.3, 0.4) is 0 Å². The first-order valence-corrected chi connectivity index (χ1v) is 15.2. The van der Waals surface area contributed by atoms with Gasteiger partial charge in [-0.15, -0.1) is 0 Å². The zero-order valence-corrected chi connectivity index (χ0v) is 26.4. The minimum Gasteiger partial charge on any atom is -0.726 e. The molecule has 4 saturated carbocycles. The Morgan fingerprint density at radius 1 is 1.13 bits per heavy atom. The van der Waals surface area contributed by atoms with E-state index in [9.17, 15) is 43.6 Å². The van der Waals surface area contributed by atoms with Gasteiger partial charge in [0.1, 0.15) is 17.3 Å². The van der Waals surface area contributed by atoms with Gasteiger partial charge in [0.15, 0.2) is 0 Å². The smallest absolute Gasteiger partial charge is 0.726 e. The van der Waals surface area contributed by atoms with E-state index in [0.717, 1.165) is 0 Å². The molecule has 0 aromatic rings. The number of rotatable bonds is 8. The van der Waals surface area contributed by atoms with Crippen molar-refractivity contribution in [3.8, 4) is 0 Å². The Bertz CT molecular complexity index is 1030. The van der Waals surface area contributed by atoms with Crippen LogP contribution in [-0.4, -0.2) is 85.8 Å². The van der Waals surface area contributed by atoms with Crippen LogP contribution in [0.5, 0.6) is 0 Å². The van der Waals surface area contributed by atoms with Crippen LogP contribution in [0.1, 0.15) is 78.6 Å². The van der Waals surface area contributed by atoms with Crippen molar-refractivity contribution in [2.24, 2.45) is 34.5 Å². The fourth-order valence-corrected chi connectivity index (χ4v) is 9.96. The van der Waals surface area contributed by atoms with Crippen molar-refractivity contribution >= 4 is 10.4 Å². The molecule has 0 spiro atoms. The molecule has 0 aliphatic heterocycles. The Hall–Kier alpha value is 0.370. The van der Waals surface area contributed by atoms with Gasteiger partial charge in [-0.1, -0.05) is 27.4 Å². The number of aliphatic hydroxyl groups is 6. The molecule has 4 rings (SSSR count). The third-order valence-corrected chi connectivity index (χ3v) is 11.9. The summed E-state index contributed by atoms with van der Waals surface area (Å²) in [6.45, 7) is 9.01. The molecule has 0 radical (unpaired) electrons. The van der Waals surface area contributed by atoms with Crippen molar-refractivity contribution in [3.05, 3.63) is 12.2 Å². The van der Waals surface area contributed by atoms with Crippen LogP contribution < -0.4 is 29.6 Å². The molecule has 0 amide bonds. The van der Waals surface area contributed by atoms with E-state index in [1.165, 1.54) is 0 Å². The van der Waals surface area contributed by atoms with Crippen molar-refractivity contribution in [3.63, 3.8) is 0 Å². The van der Waals surface area contributed by atoms with Crippen LogP contribution in [0.15, 0.2) is 12.2 Å². The fraction of sp³-hybridized carbons (Fsp3) is 0.926. The minimum absolute atomic E-state index is 0. The summed E-state index contributed by atoms with van der Waals surface area (Å²) in [7, 11) is -5.23. The Kier molecular flexibility index (Phi) is 9.95. The molecule has 1 unspecified atom stereocenters. The number of hydrogen-bond acceptors (Lipinski definition) is 10. The maximum absolute atomic E-state index is 12.6. The van der Waals surface area contributed by atoms with Gasteiger partial charge in [0, 0.05) is 11.8 Å². The summed E-state index contributed by atoms with van der Waals surface area (Å²) in [6.07, 6.45) is -1.08. The molecule has 10 nitrogen and oxygen atoms in total. The van der Waals surface area contributed by atoms with Gasteiger partial charge < -0.3 is 35.2 Å². The quantitative estimate of drug-likeness (QED) is 0.0805. The van der Waals surface area contributed by atoms with Crippen LogP contribution in [-0.2, 0) is 14.6 Å². The molecule has 4 fully saturated rings. The molecule has 4 aliphatic carbocycles. The third kappa shape index (κ3) is 5.35. The SMILES string of the molecule is C=C(CO)C(O)CC[C@@H](C)[C@H]1C[C@H](OS(=O)(=O)[O-])[C@]2(O)[C@]1(C)CC[C@@H]1[C@@]3(C)CC[C@H](O)C[C@@H]3[C@@H](O)C[C@]12O.[Na+]. The summed E-state index contributed by atoms with van der Waals surface area (Å²) >= 11 is 0. The molecule has 220 valence electrons. The fourth-order valence-electron chi connectivity index (χ4n) is 9.46. The second kappa shape index (κ2) is 11.5. The summed E-state index contributed by atoms with van der Waals surface area (Å²) in [4.78, 5) is 0. The Balaban J connectivity index is 0.00000420. The van der Waals surface area contributed by atoms with Gasteiger partial charge in [0.05, 0.1) is 24.9 Å². The monoisotopic (exact) mass is 584 g/mol. The van der Waals surface area contributed by atoms with E-state index in [4.69, 9.17) is 4.18 Å². The van der Waals surface area contributed by atoms with Crippen LogP contribution in [0, 0.1) is 34.5 Å². The summed E-state index contributed by atoms with van der Waals surface area (Å²) in [6, 6.07) is 0. The Morgan fingerprint density at radius 3 is 2.36 bits per heavy atom. The molecule has 0 heterocycles. The molecule has 0 aromatic heterocycles. The molecule has 0 bridgehead atoms. The van der Waals surface area contributed by atoms with Gasteiger partial charge in [0.2, 0.25) is 10.4 Å². The average Bonchev–Trinajstić information content (AvgIpc) is 3.05. The molecule has 0 saturated heterocycles. The average molecular weight is 585 g/mol. The Labute approximate surface area is 254 Å². The molecule has 6 N–H and O–H groups in total. The van der Waals surface area contributed by atoms with Gasteiger partial charge in [-0.2, -0.15) is 0 Å². The van der Waals surface area contributed by atoms with Crippen molar-refractivity contribution in [2.45, 2.75) is 114 Å². The summed E-state index contributed by atoms with van der Waals surface area (Å²) in [5.41, 5.74) is -5.44. The molecule has 0 aromatic carbocycles. The van der Waals surface area contributed by atoms with Crippen LogP contribution in [0.2, 0.25) is 0 Å². The van der Waals surface area contributed by atoms with Crippen LogP contribution >= 0.6 is 0 Å². The van der Waals surface area contributed by atoms with Gasteiger partial charge in [0.25, 0.3) is 0 Å². The van der Waals surface area contributed by atoms with Gasteiger partial charge >= 0.3 is 29.6 Å². The second-order valence-corrected chi connectivity index (χ2v) is 14.2. The maximum Gasteiger partial charge on any atom is 1.00 e. The first-order valence-electron chi connectivity index (χ1n) is 13.9. The van der Waals surface area contributed by atoms with Gasteiger partial charge in [-0.25, -0.2) is 8.42 Å². The third-order valence-electron chi connectivity index (χ3n) is 11.5.